The van der Waals surface area contributed by atoms with E-state index in [-0.39, 0.29) is 11.7 Å². The van der Waals surface area contributed by atoms with Crippen LogP contribution in [0.3, 0.4) is 0 Å². The van der Waals surface area contributed by atoms with Crippen LogP contribution in [0.25, 0.3) is 0 Å². The van der Waals surface area contributed by atoms with Crippen molar-refractivity contribution >= 4 is 11.9 Å². The fourth-order valence-corrected chi connectivity index (χ4v) is 1.94. The summed E-state index contributed by atoms with van der Waals surface area (Å²) in [7, 11) is 0. The molecule has 2 rings (SSSR count). The van der Waals surface area contributed by atoms with Crippen LogP contribution < -0.4 is 4.74 Å². The molecule has 1 aromatic carbocycles. The summed E-state index contributed by atoms with van der Waals surface area (Å²) in [6.07, 6.45) is -1.02. The molecule has 1 aromatic rings. The van der Waals surface area contributed by atoms with Gasteiger partial charge in [-0.25, -0.2) is 0 Å². The van der Waals surface area contributed by atoms with Gasteiger partial charge in [0, 0.05) is 12.1 Å². The third kappa shape index (κ3) is 2.78. The Morgan fingerprint density at radius 1 is 1.35 bits per heavy atom. The van der Waals surface area contributed by atoms with Crippen molar-refractivity contribution in [1.82, 2.24) is 0 Å². The van der Waals surface area contributed by atoms with Crippen molar-refractivity contribution in [3.63, 3.8) is 0 Å². The molecule has 0 bridgehead atoms. The molecule has 0 spiro atoms. The van der Waals surface area contributed by atoms with Crippen molar-refractivity contribution < 1.29 is 17.9 Å². The summed E-state index contributed by atoms with van der Waals surface area (Å²) >= 11 is 0. The number of halogens is 3. The summed E-state index contributed by atoms with van der Waals surface area (Å²) in [6, 6.07) is 4.27. The van der Waals surface area contributed by atoms with Crippen LogP contribution in [0.5, 0.6) is 5.75 Å². The first-order valence-corrected chi connectivity index (χ1v) is 5.43. The number of hydrogen-bond donors (Lipinski definition) is 0. The highest BCUT2D eigenvalue weighted by molar-refractivity contribution is 5.81. The monoisotopic (exact) mass is 243 g/mol. The number of benzene rings is 1. The Bertz CT molecular complexity index is 440. The minimum absolute atomic E-state index is 0.104. The largest absolute Gasteiger partial charge is 0.573 e. The van der Waals surface area contributed by atoms with Crippen molar-refractivity contribution in [2.45, 2.75) is 32.0 Å². The van der Waals surface area contributed by atoms with E-state index in [9.17, 15) is 13.2 Å². The molecular formula is C12H12F3NO. The summed E-state index contributed by atoms with van der Waals surface area (Å²) < 4.78 is 40.2. The average Bonchev–Trinajstić information content (AvgIpc) is 2.59. The van der Waals surface area contributed by atoms with Gasteiger partial charge in [0.15, 0.2) is 0 Å². The van der Waals surface area contributed by atoms with Gasteiger partial charge >= 0.3 is 6.36 Å². The van der Waals surface area contributed by atoms with Gasteiger partial charge < -0.3 is 4.74 Å². The van der Waals surface area contributed by atoms with Gasteiger partial charge in [-0.2, -0.15) is 0 Å². The van der Waals surface area contributed by atoms with Gasteiger partial charge in [-0.15, -0.1) is 13.2 Å². The second-order valence-corrected chi connectivity index (χ2v) is 3.94. The molecule has 0 saturated heterocycles. The smallest absolute Gasteiger partial charge is 0.406 e. The molecular weight excluding hydrogens is 231 g/mol. The molecule has 1 heterocycles. The number of nitrogens with zero attached hydrogens (tertiary/aromatic N) is 1. The fraction of sp³-hybridized carbons (Fsp3) is 0.417. The molecule has 92 valence electrons. The van der Waals surface area contributed by atoms with Gasteiger partial charge in [0.2, 0.25) is 0 Å². The molecule has 0 aliphatic carbocycles. The number of hydrogen-bond acceptors (Lipinski definition) is 2. The van der Waals surface area contributed by atoms with E-state index >= 15 is 0 Å². The van der Waals surface area contributed by atoms with Gasteiger partial charge in [-0.1, -0.05) is 13.3 Å². The molecule has 1 aliphatic heterocycles. The minimum atomic E-state index is -4.64. The second kappa shape index (κ2) is 4.39. The topological polar surface area (TPSA) is 21.6 Å². The van der Waals surface area contributed by atoms with Crippen molar-refractivity contribution in [3.05, 3.63) is 23.8 Å². The molecule has 0 radical (unpaired) electrons. The van der Waals surface area contributed by atoms with Crippen LogP contribution in [-0.2, 0) is 0 Å². The van der Waals surface area contributed by atoms with E-state index in [1.165, 1.54) is 12.1 Å². The Kier molecular flexibility index (Phi) is 3.09. The maximum Gasteiger partial charge on any atom is 0.573 e. The Hall–Kier alpha value is -1.52. The average molecular weight is 243 g/mol. The summed E-state index contributed by atoms with van der Waals surface area (Å²) in [6.45, 7) is 2.03. The second-order valence-electron chi connectivity index (χ2n) is 3.94. The lowest BCUT2D eigenvalue weighted by Gasteiger charge is -2.12. The molecule has 1 atom stereocenters. The number of ether oxygens (including phenoxy) is 1. The number of alkyl halides is 3. The molecule has 0 fully saturated rings. The predicted octanol–water partition coefficient (Wildman–Crippen LogP) is 4.18. The zero-order chi connectivity index (χ0) is 12.5. The Morgan fingerprint density at radius 3 is 2.76 bits per heavy atom. The highest BCUT2D eigenvalue weighted by Gasteiger charge is 2.31. The lowest BCUT2D eigenvalue weighted by atomic mass is 9.96. The van der Waals surface area contributed by atoms with Crippen LogP contribution in [-0.4, -0.2) is 12.6 Å². The Labute approximate surface area is 97.1 Å². The van der Waals surface area contributed by atoms with E-state index in [0.29, 0.717) is 0 Å². The van der Waals surface area contributed by atoms with E-state index in [2.05, 4.69) is 9.73 Å². The zero-order valence-electron chi connectivity index (χ0n) is 9.29. The zero-order valence-corrected chi connectivity index (χ0v) is 9.29. The molecule has 2 nitrogen and oxygen atoms in total. The molecule has 0 aromatic heterocycles. The van der Waals surface area contributed by atoms with Crippen molar-refractivity contribution in [2.24, 2.45) is 4.99 Å². The highest BCUT2D eigenvalue weighted by Crippen LogP contribution is 2.38. The molecule has 0 amide bonds. The fourth-order valence-electron chi connectivity index (χ4n) is 1.94. The van der Waals surface area contributed by atoms with Gasteiger partial charge in [0.25, 0.3) is 0 Å². The molecule has 1 aliphatic rings. The van der Waals surface area contributed by atoms with Gasteiger partial charge in [0.05, 0.1) is 5.69 Å². The van der Waals surface area contributed by atoms with Crippen LogP contribution in [0.4, 0.5) is 18.9 Å². The normalized spacial score (nSPS) is 18.2. The quantitative estimate of drug-likeness (QED) is 0.780. The number of fused-ring (bicyclic) bond motifs is 1. The first kappa shape index (κ1) is 12.0. The summed E-state index contributed by atoms with van der Waals surface area (Å²) in [5.41, 5.74) is 1.55. The molecule has 5 heteroatoms. The summed E-state index contributed by atoms with van der Waals surface area (Å²) in [5, 5.41) is 0. The van der Waals surface area contributed by atoms with E-state index < -0.39 is 6.36 Å². The molecule has 17 heavy (non-hydrogen) atoms. The van der Waals surface area contributed by atoms with Gasteiger partial charge in [-0.05, 0) is 30.2 Å². The lowest BCUT2D eigenvalue weighted by molar-refractivity contribution is -0.274. The van der Waals surface area contributed by atoms with Crippen LogP contribution in [0.2, 0.25) is 0 Å². The van der Waals surface area contributed by atoms with Crippen molar-refractivity contribution in [2.75, 3.05) is 0 Å². The Balaban J connectivity index is 2.23. The molecule has 0 saturated carbocycles. The van der Waals surface area contributed by atoms with Crippen LogP contribution in [0.1, 0.15) is 31.2 Å². The first-order chi connectivity index (χ1) is 7.99. The van der Waals surface area contributed by atoms with E-state index in [4.69, 9.17) is 0 Å². The standard InChI is InChI=1S/C12H12F3NO/c1-2-3-8-7-16-11-5-4-9(6-10(8)11)17-12(13,14)15/h4-8H,2-3H2,1H3. The SMILES string of the molecule is CCCC1C=Nc2ccc(OC(F)(F)F)cc21. The van der Waals surface area contributed by atoms with Gasteiger partial charge in [-0.3, -0.25) is 4.99 Å². The van der Waals surface area contributed by atoms with Crippen LogP contribution >= 0.6 is 0 Å². The maximum absolute atomic E-state index is 12.1. The highest BCUT2D eigenvalue weighted by atomic mass is 19.4. The van der Waals surface area contributed by atoms with Crippen molar-refractivity contribution in [3.8, 4) is 5.75 Å². The number of rotatable bonds is 3. The third-order valence-corrected chi connectivity index (χ3v) is 2.63. The van der Waals surface area contributed by atoms with E-state index in [1.807, 2.05) is 6.92 Å². The predicted molar refractivity (Wildman–Crippen MR) is 58.9 cm³/mol. The summed E-state index contributed by atoms with van der Waals surface area (Å²) in [4.78, 5) is 4.18. The Morgan fingerprint density at radius 2 is 2.12 bits per heavy atom. The van der Waals surface area contributed by atoms with E-state index in [1.54, 1.807) is 12.3 Å². The maximum atomic E-state index is 12.1. The van der Waals surface area contributed by atoms with Crippen molar-refractivity contribution in [1.29, 1.82) is 0 Å². The number of aliphatic imine (C=N–C) groups is 1. The van der Waals surface area contributed by atoms with Crippen LogP contribution in [0, 0.1) is 0 Å². The lowest BCUT2D eigenvalue weighted by Crippen LogP contribution is -2.17. The van der Waals surface area contributed by atoms with Crippen LogP contribution in [0.15, 0.2) is 23.2 Å². The molecule has 1 unspecified atom stereocenters. The third-order valence-electron chi connectivity index (χ3n) is 2.63. The van der Waals surface area contributed by atoms with E-state index in [0.717, 1.165) is 24.1 Å². The summed E-state index contributed by atoms with van der Waals surface area (Å²) in [5.74, 6) is -0.0744. The first-order valence-electron chi connectivity index (χ1n) is 5.43. The molecule has 0 N–H and O–H groups in total. The minimum Gasteiger partial charge on any atom is -0.406 e. The van der Waals surface area contributed by atoms with Gasteiger partial charge in [0.1, 0.15) is 5.75 Å².